The first kappa shape index (κ1) is 10.3. The molecule has 2 atom stereocenters. The van der Waals surface area contributed by atoms with Gasteiger partial charge in [-0.3, -0.25) is 0 Å². The van der Waals surface area contributed by atoms with E-state index in [1.807, 2.05) is 18.2 Å². The zero-order valence-electron chi connectivity index (χ0n) is 8.05. The van der Waals surface area contributed by atoms with E-state index in [1.54, 1.807) is 0 Å². The lowest BCUT2D eigenvalue weighted by Gasteiger charge is -2.27. The molecule has 0 aromatic heterocycles. The van der Waals surface area contributed by atoms with Gasteiger partial charge in [-0.15, -0.1) is 11.6 Å². The molecule has 0 saturated heterocycles. The maximum atomic E-state index is 6.33. The van der Waals surface area contributed by atoms with Gasteiger partial charge in [-0.05, 0) is 24.5 Å². The van der Waals surface area contributed by atoms with Crippen LogP contribution in [0.4, 0.5) is 0 Å². The van der Waals surface area contributed by atoms with E-state index < -0.39 is 0 Å². The minimum absolute atomic E-state index is 0.267. The Bertz CT molecular complexity index is 309. The maximum absolute atomic E-state index is 6.33. The van der Waals surface area contributed by atoms with Crippen molar-refractivity contribution in [3.63, 3.8) is 0 Å². The highest BCUT2D eigenvalue weighted by atomic mass is 35.5. The summed E-state index contributed by atoms with van der Waals surface area (Å²) < 4.78 is 0. The first-order valence-electron chi connectivity index (χ1n) is 5.17. The van der Waals surface area contributed by atoms with Gasteiger partial charge in [-0.1, -0.05) is 42.6 Å². The van der Waals surface area contributed by atoms with Crippen LogP contribution >= 0.6 is 23.2 Å². The van der Waals surface area contributed by atoms with E-state index in [9.17, 15) is 0 Å². The summed E-state index contributed by atoms with van der Waals surface area (Å²) in [6.45, 7) is 0. The quantitative estimate of drug-likeness (QED) is 0.617. The zero-order valence-corrected chi connectivity index (χ0v) is 9.56. The van der Waals surface area contributed by atoms with Crippen LogP contribution in [0.15, 0.2) is 24.3 Å². The van der Waals surface area contributed by atoms with Gasteiger partial charge in [-0.25, -0.2) is 0 Å². The van der Waals surface area contributed by atoms with Crippen molar-refractivity contribution in [1.29, 1.82) is 0 Å². The molecule has 0 bridgehead atoms. The lowest BCUT2D eigenvalue weighted by molar-refractivity contribution is 0.451. The second kappa shape index (κ2) is 4.55. The Hall–Kier alpha value is -0.200. The molecule has 1 aliphatic carbocycles. The lowest BCUT2D eigenvalue weighted by atomic mass is 9.83. The highest BCUT2D eigenvalue weighted by Crippen LogP contribution is 2.38. The highest BCUT2D eigenvalue weighted by molar-refractivity contribution is 6.31. The van der Waals surface area contributed by atoms with Crippen LogP contribution in [-0.2, 0) is 0 Å². The van der Waals surface area contributed by atoms with Crippen LogP contribution in [0.25, 0.3) is 0 Å². The average molecular weight is 229 g/mol. The molecule has 0 spiro atoms. The van der Waals surface area contributed by atoms with Gasteiger partial charge >= 0.3 is 0 Å². The second-order valence-electron chi connectivity index (χ2n) is 3.93. The molecule has 1 aromatic carbocycles. The third kappa shape index (κ3) is 2.07. The van der Waals surface area contributed by atoms with Crippen LogP contribution in [0.3, 0.4) is 0 Å². The third-order valence-electron chi connectivity index (χ3n) is 2.99. The van der Waals surface area contributed by atoms with Crippen LogP contribution < -0.4 is 0 Å². The smallest absolute Gasteiger partial charge is 0.0441 e. The molecule has 2 rings (SSSR count). The number of hydrogen-bond donors (Lipinski definition) is 0. The molecule has 0 heterocycles. The summed E-state index contributed by atoms with van der Waals surface area (Å²) in [6, 6.07) is 8.07. The molecule has 0 radical (unpaired) electrons. The van der Waals surface area contributed by atoms with Crippen LogP contribution in [-0.4, -0.2) is 5.38 Å². The molecule has 1 fully saturated rings. The molecular weight excluding hydrogens is 215 g/mol. The third-order valence-corrected chi connectivity index (χ3v) is 3.85. The largest absolute Gasteiger partial charge is 0.122 e. The summed E-state index contributed by atoms with van der Waals surface area (Å²) in [5.41, 5.74) is 1.23. The molecule has 1 saturated carbocycles. The predicted molar refractivity (Wildman–Crippen MR) is 62.3 cm³/mol. The predicted octanol–water partition coefficient (Wildman–Crippen LogP) is 4.61. The molecular formula is C12H14Cl2. The van der Waals surface area contributed by atoms with Crippen LogP contribution in [0.5, 0.6) is 0 Å². The van der Waals surface area contributed by atoms with Gasteiger partial charge in [0.2, 0.25) is 0 Å². The number of benzene rings is 1. The van der Waals surface area contributed by atoms with Crippen molar-refractivity contribution in [3.8, 4) is 0 Å². The summed E-state index contributed by atoms with van der Waals surface area (Å²) >= 11 is 12.5. The van der Waals surface area contributed by atoms with Crippen molar-refractivity contribution in [2.45, 2.75) is 37.0 Å². The number of halogens is 2. The summed E-state index contributed by atoms with van der Waals surface area (Å²) in [7, 11) is 0. The van der Waals surface area contributed by atoms with E-state index >= 15 is 0 Å². The van der Waals surface area contributed by atoms with E-state index in [0.717, 1.165) is 11.4 Å². The Morgan fingerprint density at radius 1 is 1.07 bits per heavy atom. The van der Waals surface area contributed by atoms with Crippen molar-refractivity contribution >= 4 is 23.2 Å². The van der Waals surface area contributed by atoms with Gasteiger partial charge < -0.3 is 0 Å². The van der Waals surface area contributed by atoms with E-state index in [1.165, 1.54) is 24.8 Å². The molecule has 1 aliphatic rings. The van der Waals surface area contributed by atoms with Gasteiger partial charge in [0.1, 0.15) is 0 Å². The van der Waals surface area contributed by atoms with Gasteiger partial charge in [0.25, 0.3) is 0 Å². The van der Waals surface area contributed by atoms with E-state index in [4.69, 9.17) is 23.2 Å². The Morgan fingerprint density at radius 2 is 1.79 bits per heavy atom. The summed E-state index contributed by atoms with van der Waals surface area (Å²) in [5.74, 6) is 0.458. The van der Waals surface area contributed by atoms with Crippen molar-refractivity contribution < 1.29 is 0 Å². The van der Waals surface area contributed by atoms with Gasteiger partial charge in [-0.2, -0.15) is 0 Å². The van der Waals surface area contributed by atoms with Crippen LogP contribution in [0.1, 0.15) is 37.2 Å². The van der Waals surface area contributed by atoms with E-state index in [2.05, 4.69) is 6.07 Å². The first-order chi connectivity index (χ1) is 6.79. The molecule has 76 valence electrons. The Labute approximate surface area is 95.2 Å². The summed E-state index contributed by atoms with van der Waals surface area (Å²) in [4.78, 5) is 0. The van der Waals surface area contributed by atoms with Crippen LogP contribution in [0, 0.1) is 0 Å². The molecule has 0 N–H and O–H groups in total. The second-order valence-corrected chi connectivity index (χ2v) is 4.90. The fraction of sp³-hybridized carbons (Fsp3) is 0.500. The Morgan fingerprint density at radius 3 is 2.50 bits per heavy atom. The number of alkyl halides is 1. The molecule has 2 unspecified atom stereocenters. The highest BCUT2D eigenvalue weighted by Gasteiger charge is 2.25. The fourth-order valence-electron chi connectivity index (χ4n) is 2.21. The SMILES string of the molecule is Clc1ccccc1C1CCCCC1Cl. The Kier molecular flexibility index (Phi) is 3.35. The minimum Gasteiger partial charge on any atom is -0.122 e. The molecule has 0 amide bonds. The van der Waals surface area contributed by atoms with E-state index in [0.29, 0.717) is 5.92 Å². The van der Waals surface area contributed by atoms with Gasteiger partial charge in [0.05, 0.1) is 0 Å². The minimum atomic E-state index is 0.267. The van der Waals surface area contributed by atoms with E-state index in [-0.39, 0.29) is 5.38 Å². The van der Waals surface area contributed by atoms with Crippen molar-refractivity contribution in [3.05, 3.63) is 34.9 Å². The fourth-order valence-corrected chi connectivity index (χ4v) is 2.90. The number of rotatable bonds is 1. The lowest BCUT2D eigenvalue weighted by Crippen LogP contribution is -2.17. The first-order valence-corrected chi connectivity index (χ1v) is 5.99. The standard InChI is InChI=1S/C12H14Cl2/c13-11-7-3-1-5-9(11)10-6-2-4-8-12(10)14/h1,3,5,7,10,12H,2,4,6,8H2. The van der Waals surface area contributed by atoms with Crippen molar-refractivity contribution in [1.82, 2.24) is 0 Å². The normalized spacial score (nSPS) is 27.6. The topological polar surface area (TPSA) is 0 Å². The van der Waals surface area contributed by atoms with Crippen molar-refractivity contribution in [2.75, 3.05) is 0 Å². The van der Waals surface area contributed by atoms with Crippen molar-refractivity contribution in [2.24, 2.45) is 0 Å². The molecule has 2 heteroatoms. The van der Waals surface area contributed by atoms with Gasteiger partial charge in [0.15, 0.2) is 0 Å². The zero-order chi connectivity index (χ0) is 9.97. The summed E-state index contributed by atoms with van der Waals surface area (Å²) in [6.07, 6.45) is 4.84. The summed E-state index contributed by atoms with van der Waals surface area (Å²) in [5, 5.41) is 1.13. The monoisotopic (exact) mass is 228 g/mol. The molecule has 14 heavy (non-hydrogen) atoms. The van der Waals surface area contributed by atoms with Crippen LogP contribution in [0.2, 0.25) is 5.02 Å². The Balaban J connectivity index is 2.25. The molecule has 1 aromatic rings. The number of hydrogen-bond acceptors (Lipinski definition) is 0. The maximum Gasteiger partial charge on any atom is 0.0441 e. The molecule has 0 nitrogen and oxygen atoms in total. The van der Waals surface area contributed by atoms with Gasteiger partial charge in [0, 0.05) is 16.3 Å². The average Bonchev–Trinajstić information content (AvgIpc) is 2.20. The molecule has 0 aliphatic heterocycles.